The average molecular weight is 294 g/mol. The summed E-state index contributed by atoms with van der Waals surface area (Å²) in [7, 11) is 1.52. The average Bonchev–Trinajstić information content (AvgIpc) is 2.37. The Morgan fingerprint density at radius 1 is 1.33 bits per heavy atom. The highest BCUT2D eigenvalue weighted by Crippen LogP contribution is 2.33. The summed E-state index contributed by atoms with van der Waals surface area (Å²) in [6, 6.07) is 5.39. The number of hydrogen-bond acceptors (Lipinski definition) is 4. The van der Waals surface area contributed by atoms with E-state index in [0.29, 0.717) is 18.6 Å². The number of aromatic hydroxyl groups is 1. The largest absolute Gasteiger partial charge is 0.504 e. The molecule has 0 unspecified atom stereocenters. The Kier molecular flexibility index (Phi) is 6.06. The minimum atomic E-state index is -0.447. The van der Waals surface area contributed by atoms with E-state index in [-0.39, 0.29) is 17.6 Å². The molecule has 1 aromatic rings. The zero-order valence-electron chi connectivity index (χ0n) is 13.6. The lowest BCUT2D eigenvalue weighted by Gasteiger charge is -2.21. The number of carbonyl (C=O) groups is 1. The van der Waals surface area contributed by atoms with Crippen molar-refractivity contribution >= 4 is 5.97 Å². The number of phenolic OH excluding ortho intramolecular Hbond substituents is 1. The Hall–Kier alpha value is -1.71. The van der Waals surface area contributed by atoms with Crippen LogP contribution in [-0.4, -0.2) is 23.8 Å². The van der Waals surface area contributed by atoms with E-state index in [9.17, 15) is 9.90 Å². The minimum Gasteiger partial charge on any atom is -0.504 e. The molecule has 1 atom stereocenters. The van der Waals surface area contributed by atoms with Gasteiger partial charge < -0.3 is 14.6 Å². The summed E-state index contributed by atoms with van der Waals surface area (Å²) in [5.41, 5.74) is 0.566. The van der Waals surface area contributed by atoms with E-state index in [4.69, 9.17) is 9.47 Å². The van der Waals surface area contributed by atoms with Crippen molar-refractivity contribution in [2.24, 2.45) is 0 Å². The van der Waals surface area contributed by atoms with Gasteiger partial charge in [0.1, 0.15) is 5.60 Å². The van der Waals surface area contributed by atoms with E-state index in [1.54, 1.807) is 12.1 Å². The molecule has 0 fully saturated rings. The third-order valence-electron chi connectivity index (χ3n) is 3.28. The third kappa shape index (κ3) is 5.66. The molecule has 1 N–H and O–H groups in total. The lowest BCUT2D eigenvalue weighted by molar-refractivity contribution is -0.155. The summed E-state index contributed by atoms with van der Waals surface area (Å²) < 4.78 is 10.4. The van der Waals surface area contributed by atoms with Gasteiger partial charge in [-0.3, -0.25) is 4.79 Å². The van der Waals surface area contributed by atoms with E-state index < -0.39 is 5.60 Å². The lowest BCUT2D eigenvalue weighted by Crippen LogP contribution is -2.24. The monoisotopic (exact) mass is 294 g/mol. The fourth-order valence-corrected chi connectivity index (χ4v) is 2.25. The van der Waals surface area contributed by atoms with Gasteiger partial charge in [0.05, 0.1) is 7.11 Å². The number of ether oxygens (including phenoxy) is 2. The zero-order chi connectivity index (χ0) is 16.0. The molecule has 0 aliphatic rings. The summed E-state index contributed by atoms with van der Waals surface area (Å²) in [5.74, 6) is 0.625. The molecule has 118 valence electrons. The van der Waals surface area contributed by atoms with E-state index in [2.05, 4.69) is 6.92 Å². The van der Waals surface area contributed by atoms with Gasteiger partial charge in [0.15, 0.2) is 11.5 Å². The highest BCUT2D eigenvalue weighted by Gasteiger charge is 2.18. The second kappa shape index (κ2) is 7.34. The van der Waals surface area contributed by atoms with Crippen molar-refractivity contribution in [3.05, 3.63) is 23.8 Å². The first-order chi connectivity index (χ1) is 9.76. The van der Waals surface area contributed by atoms with Gasteiger partial charge in [-0.25, -0.2) is 0 Å². The van der Waals surface area contributed by atoms with Gasteiger partial charge in [-0.2, -0.15) is 0 Å². The molecule has 0 saturated carbocycles. The molecule has 0 saturated heterocycles. The maximum atomic E-state index is 11.8. The number of carbonyl (C=O) groups excluding carboxylic acids is 1. The quantitative estimate of drug-likeness (QED) is 0.805. The maximum Gasteiger partial charge on any atom is 0.306 e. The first kappa shape index (κ1) is 17.3. The predicted molar refractivity (Wildman–Crippen MR) is 82.8 cm³/mol. The van der Waals surface area contributed by atoms with Crippen LogP contribution in [0.5, 0.6) is 11.5 Å². The Bertz CT molecular complexity index is 474. The van der Waals surface area contributed by atoms with Crippen molar-refractivity contribution in [3.8, 4) is 11.5 Å². The summed E-state index contributed by atoms with van der Waals surface area (Å²) in [5, 5.41) is 9.85. The van der Waals surface area contributed by atoms with Crippen LogP contribution in [0.15, 0.2) is 18.2 Å². The van der Waals surface area contributed by atoms with Crippen LogP contribution in [0.25, 0.3) is 0 Å². The number of hydrogen-bond donors (Lipinski definition) is 1. The fourth-order valence-electron chi connectivity index (χ4n) is 2.25. The molecular weight excluding hydrogens is 268 g/mol. The second-order valence-corrected chi connectivity index (χ2v) is 6.16. The standard InChI is InChI=1S/C17H26O4/c1-6-12(8-10-16(19)21-17(2,3)4)13-7-9-15(20-5)14(18)11-13/h7,9,11-12,18H,6,8,10H2,1-5H3/t12-/m0/s1. The molecule has 4 nitrogen and oxygen atoms in total. The lowest BCUT2D eigenvalue weighted by atomic mass is 9.91. The number of rotatable bonds is 6. The Balaban J connectivity index is 2.67. The minimum absolute atomic E-state index is 0.130. The molecule has 0 aliphatic carbocycles. The third-order valence-corrected chi connectivity index (χ3v) is 3.28. The summed E-state index contributed by atoms with van der Waals surface area (Å²) in [4.78, 5) is 11.8. The van der Waals surface area contributed by atoms with Crippen molar-refractivity contribution < 1.29 is 19.4 Å². The summed E-state index contributed by atoms with van der Waals surface area (Å²) in [6.45, 7) is 7.66. The molecule has 0 radical (unpaired) electrons. The Morgan fingerprint density at radius 3 is 2.48 bits per heavy atom. The van der Waals surface area contributed by atoms with Gasteiger partial charge >= 0.3 is 5.97 Å². The van der Waals surface area contributed by atoms with Crippen LogP contribution in [0.2, 0.25) is 0 Å². The van der Waals surface area contributed by atoms with Gasteiger partial charge in [-0.1, -0.05) is 13.0 Å². The molecule has 21 heavy (non-hydrogen) atoms. The molecule has 0 aromatic heterocycles. The van der Waals surface area contributed by atoms with Crippen molar-refractivity contribution in [1.29, 1.82) is 0 Å². The van der Waals surface area contributed by atoms with E-state index in [1.165, 1.54) is 7.11 Å². The van der Waals surface area contributed by atoms with Crippen molar-refractivity contribution in [3.63, 3.8) is 0 Å². The first-order valence-electron chi connectivity index (χ1n) is 7.35. The van der Waals surface area contributed by atoms with Crippen molar-refractivity contribution in [2.45, 2.75) is 58.5 Å². The Morgan fingerprint density at radius 2 is 2.00 bits per heavy atom. The smallest absolute Gasteiger partial charge is 0.306 e. The number of benzene rings is 1. The number of phenols is 1. The van der Waals surface area contributed by atoms with Gasteiger partial charge in [0, 0.05) is 6.42 Å². The molecule has 0 aliphatic heterocycles. The molecule has 0 heterocycles. The van der Waals surface area contributed by atoms with Gasteiger partial charge in [-0.05, 0) is 57.2 Å². The SMILES string of the molecule is CC[C@@H](CCC(=O)OC(C)(C)C)c1ccc(OC)c(O)c1. The van der Waals surface area contributed by atoms with Crippen LogP contribution >= 0.6 is 0 Å². The first-order valence-corrected chi connectivity index (χ1v) is 7.35. The zero-order valence-corrected chi connectivity index (χ0v) is 13.6. The van der Waals surface area contributed by atoms with Gasteiger partial charge in [0.2, 0.25) is 0 Å². The van der Waals surface area contributed by atoms with E-state index in [1.807, 2.05) is 26.8 Å². The molecule has 1 aromatic carbocycles. The van der Waals surface area contributed by atoms with Crippen LogP contribution in [-0.2, 0) is 9.53 Å². The second-order valence-electron chi connectivity index (χ2n) is 6.16. The number of esters is 1. The van der Waals surface area contributed by atoms with Crippen LogP contribution < -0.4 is 4.74 Å². The summed E-state index contributed by atoms with van der Waals surface area (Å²) in [6.07, 6.45) is 1.98. The molecular formula is C17H26O4. The van der Waals surface area contributed by atoms with Crippen molar-refractivity contribution in [1.82, 2.24) is 0 Å². The van der Waals surface area contributed by atoms with Crippen LogP contribution in [0, 0.1) is 0 Å². The van der Waals surface area contributed by atoms with Crippen LogP contribution in [0.3, 0.4) is 0 Å². The topological polar surface area (TPSA) is 55.8 Å². The fraction of sp³-hybridized carbons (Fsp3) is 0.588. The van der Waals surface area contributed by atoms with Gasteiger partial charge in [-0.15, -0.1) is 0 Å². The molecule has 4 heteroatoms. The van der Waals surface area contributed by atoms with E-state index in [0.717, 1.165) is 12.0 Å². The molecule has 0 amide bonds. The molecule has 0 bridgehead atoms. The predicted octanol–water partition coefficient (Wildman–Crippen LogP) is 4.02. The molecule has 1 rings (SSSR count). The normalized spacial score (nSPS) is 12.8. The molecule has 0 spiro atoms. The maximum absolute atomic E-state index is 11.8. The van der Waals surface area contributed by atoms with Crippen LogP contribution in [0.4, 0.5) is 0 Å². The number of methoxy groups -OCH3 is 1. The Labute approximate surface area is 127 Å². The van der Waals surface area contributed by atoms with Crippen LogP contribution in [0.1, 0.15) is 58.4 Å². The summed E-state index contributed by atoms with van der Waals surface area (Å²) >= 11 is 0. The van der Waals surface area contributed by atoms with E-state index >= 15 is 0 Å². The highest BCUT2D eigenvalue weighted by atomic mass is 16.6. The van der Waals surface area contributed by atoms with Gasteiger partial charge in [0.25, 0.3) is 0 Å². The van der Waals surface area contributed by atoms with Crippen molar-refractivity contribution in [2.75, 3.05) is 7.11 Å². The highest BCUT2D eigenvalue weighted by molar-refractivity contribution is 5.69.